The Morgan fingerprint density at radius 2 is 1.94 bits per heavy atom. The zero-order chi connectivity index (χ0) is 22.0. The monoisotopic (exact) mass is 436 g/mol. The van der Waals surface area contributed by atoms with Gasteiger partial charge in [-0.25, -0.2) is 4.98 Å². The van der Waals surface area contributed by atoms with E-state index < -0.39 is 0 Å². The van der Waals surface area contributed by atoms with Crippen LogP contribution >= 0.6 is 11.8 Å². The van der Waals surface area contributed by atoms with E-state index in [0.29, 0.717) is 6.54 Å². The molecule has 0 fully saturated rings. The molecule has 0 radical (unpaired) electrons. The topological polar surface area (TPSA) is 55.1 Å². The Morgan fingerprint density at radius 1 is 1.13 bits per heavy atom. The molecule has 5 heteroatoms. The molecule has 3 aromatic rings. The second-order valence-electron chi connectivity index (χ2n) is 8.51. The van der Waals surface area contributed by atoms with Gasteiger partial charge in [0.25, 0.3) is 5.56 Å². The number of aryl methyl sites for hydroxylation is 2. The van der Waals surface area contributed by atoms with Gasteiger partial charge in [-0.05, 0) is 80.7 Å². The summed E-state index contributed by atoms with van der Waals surface area (Å²) in [6.45, 7) is 4.98. The van der Waals surface area contributed by atoms with E-state index in [9.17, 15) is 4.79 Å². The van der Waals surface area contributed by atoms with Gasteiger partial charge in [0.15, 0.2) is 0 Å². The van der Waals surface area contributed by atoms with Gasteiger partial charge in [0, 0.05) is 28.0 Å². The van der Waals surface area contributed by atoms with E-state index >= 15 is 0 Å². The van der Waals surface area contributed by atoms with Gasteiger partial charge in [-0.3, -0.25) is 4.79 Å². The molecular formula is C26H32N2O2S. The fraction of sp³-hybridized carbons (Fsp3) is 0.462. The van der Waals surface area contributed by atoms with Crippen molar-refractivity contribution in [1.82, 2.24) is 9.55 Å². The van der Waals surface area contributed by atoms with Crippen LogP contribution in [0.5, 0.6) is 0 Å². The zero-order valence-electron chi connectivity index (χ0n) is 18.8. The predicted molar refractivity (Wildman–Crippen MR) is 130 cm³/mol. The SMILES string of the molecule is CCCCCc1c2c(nc3ccc(SC)cc13)-c1cc(CCCCO)c(C)c(=O)n1C2. The van der Waals surface area contributed by atoms with E-state index in [1.807, 2.05) is 11.5 Å². The van der Waals surface area contributed by atoms with Gasteiger partial charge < -0.3 is 9.67 Å². The van der Waals surface area contributed by atoms with Crippen LogP contribution in [-0.2, 0) is 19.4 Å². The number of aliphatic hydroxyl groups is 1. The average molecular weight is 437 g/mol. The van der Waals surface area contributed by atoms with Crippen LogP contribution < -0.4 is 5.56 Å². The zero-order valence-corrected chi connectivity index (χ0v) is 19.6. The van der Waals surface area contributed by atoms with E-state index in [2.05, 4.69) is 37.4 Å². The van der Waals surface area contributed by atoms with Gasteiger partial charge in [-0.1, -0.05) is 19.8 Å². The summed E-state index contributed by atoms with van der Waals surface area (Å²) in [5.74, 6) is 0. The van der Waals surface area contributed by atoms with Gasteiger partial charge in [0.05, 0.1) is 23.4 Å². The normalized spacial score (nSPS) is 12.4. The first kappa shape index (κ1) is 22.1. The molecule has 0 atom stereocenters. The lowest BCUT2D eigenvalue weighted by atomic mass is 9.95. The molecule has 3 heterocycles. The van der Waals surface area contributed by atoms with Crippen LogP contribution in [0.2, 0.25) is 0 Å². The Morgan fingerprint density at radius 3 is 2.68 bits per heavy atom. The summed E-state index contributed by atoms with van der Waals surface area (Å²) < 4.78 is 1.92. The maximum absolute atomic E-state index is 13.2. The second-order valence-corrected chi connectivity index (χ2v) is 9.39. The molecule has 4 nitrogen and oxygen atoms in total. The Labute approximate surface area is 188 Å². The van der Waals surface area contributed by atoms with Gasteiger partial charge >= 0.3 is 0 Å². The summed E-state index contributed by atoms with van der Waals surface area (Å²) in [6.07, 6.45) is 9.15. The molecule has 1 aromatic carbocycles. The predicted octanol–water partition coefficient (Wildman–Crippen LogP) is 5.50. The van der Waals surface area contributed by atoms with Crippen LogP contribution in [-0.4, -0.2) is 27.5 Å². The molecule has 1 aliphatic rings. The number of thioether (sulfide) groups is 1. The molecule has 2 aromatic heterocycles. The van der Waals surface area contributed by atoms with E-state index in [4.69, 9.17) is 10.1 Å². The summed E-state index contributed by atoms with van der Waals surface area (Å²) in [6, 6.07) is 8.71. The lowest BCUT2D eigenvalue weighted by Crippen LogP contribution is -2.23. The van der Waals surface area contributed by atoms with E-state index in [-0.39, 0.29) is 12.2 Å². The van der Waals surface area contributed by atoms with Crippen molar-refractivity contribution in [2.45, 2.75) is 70.2 Å². The van der Waals surface area contributed by atoms with E-state index in [1.54, 1.807) is 11.8 Å². The molecule has 1 N–H and O–H groups in total. The third-order valence-corrected chi connectivity index (χ3v) is 7.23. The minimum atomic E-state index is 0.0999. The molecule has 0 aliphatic carbocycles. The number of benzene rings is 1. The van der Waals surface area contributed by atoms with Gasteiger partial charge in [0.2, 0.25) is 0 Å². The van der Waals surface area contributed by atoms with Crippen molar-refractivity contribution >= 4 is 22.7 Å². The van der Waals surface area contributed by atoms with Crippen LogP contribution in [0, 0.1) is 6.92 Å². The molecule has 1 aliphatic heterocycles. The number of unbranched alkanes of at least 4 members (excludes halogenated alkanes) is 3. The third kappa shape index (κ3) is 4.18. The third-order valence-electron chi connectivity index (χ3n) is 6.50. The lowest BCUT2D eigenvalue weighted by molar-refractivity contribution is 0.284. The first-order valence-electron chi connectivity index (χ1n) is 11.4. The number of hydrogen-bond donors (Lipinski definition) is 1. The minimum absolute atomic E-state index is 0.0999. The number of nitrogens with zero attached hydrogens (tertiary/aromatic N) is 2. The number of pyridine rings is 2. The van der Waals surface area contributed by atoms with Gasteiger partial charge in [-0.2, -0.15) is 0 Å². The number of hydrogen-bond acceptors (Lipinski definition) is 4. The van der Waals surface area contributed by atoms with Crippen molar-refractivity contribution < 1.29 is 5.11 Å². The molecule has 0 spiro atoms. The Kier molecular flexibility index (Phi) is 6.83. The molecular weight excluding hydrogens is 404 g/mol. The number of aromatic nitrogens is 2. The summed E-state index contributed by atoms with van der Waals surface area (Å²) >= 11 is 1.76. The standard InChI is InChI=1S/C26H32N2O2S/c1-4-5-6-10-20-21-15-19(31-3)11-12-23(21)27-25-22(20)16-28-24(25)14-18(9-7-8-13-29)17(2)26(28)30/h11-12,14-15,29H,4-10,13,16H2,1-3H3. The number of fused-ring (bicyclic) bond motifs is 4. The Hall–Kier alpha value is -2.11. The average Bonchev–Trinajstić information content (AvgIpc) is 3.15. The second kappa shape index (κ2) is 9.58. The molecule has 0 saturated heterocycles. The van der Waals surface area contributed by atoms with Crippen molar-refractivity contribution in [2.24, 2.45) is 0 Å². The molecule has 0 amide bonds. The van der Waals surface area contributed by atoms with Crippen LogP contribution in [0.1, 0.15) is 61.3 Å². The Bertz CT molecular complexity index is 1170. The lowest BCUT2D eigenvalue weighted by Gasteiger charge is -2.13. The highest BCUT2D eigenvalue weighted by Gasteiger charge is 2.27. The number of aliphatic hydroxyl groups excluding tert-OH is 1. The molecule has 164 valence electrons. The van der Waals surface area contributed by atoms with Crippen molar-refractivity contribution in [1.29, 1.82) is 0 Å². The van der Waals surface area contributed by atoms with E-state index in [1.165, 1.54) is 34.3 Å². The maximum Gasteiger partial charge on any atom is 0.254 e. The fourth-order valence-electron chi connectivity index (χ4n) is 4.69. The maximum atomic E-state index is 13.2. The van der Waals surface area contributed by atoms with Gasteiger partial charge in [-0.15, -0.1) is 11.8 Å². The minimum Gasteiger partial charge on any atom is -0.396 e. The quantitative estimate of drug-likeness (QED) is 0.278. The molecule has 0 bridgehead atoms. The van der Waals surface area contributed by atoms with Crippen LogP contribution in [0.3, 0.4) is 0 Å². The summed E-state index contributed by atoms with van der Waals surface area (Å²) in [7, 11) is 0. The molecule has 4 rings (SSSR count). The highest BCUT2D eigenvalue weighted by Crippen LogP contribution is 2.37. The van der Waals surface area contributed by atoms with Crippen LogP contribution in [0.4, 0.5) is 0 Å². The first-order chi connectivity index (χ1) is 15.1. The van der Waals surface area contributed by atoms with Crippen molar-refractivity contribution in [3.63, 3.8) is 0 Å². The highest BCUT2D eigenvalue weighted by atomic mass is 32.2. The smallest absolute Gasteiger partial charge is 0.254 e. The largest absolute Gasteiger partial charge is 0.396 e. The van der Waals surface area contributed by atoms with Crippen LogP contribution in [0.25, 0.3) is 22.3 Å². The summed E-state index contributed by atoms with van der Waals surface area (Å²) in [5, 5.41) is 10.4. The highest BCUT2D eigenvalue weighted by molar-refractivity contribution is 7.98. The van der Waals surface area contributed by atoms with Crippen molar-refractivity contribution in [3.8, 4) is 11.4 Å². The summed E-state index contributed by atoms with van der Waals surface area (Å²) in [4.78, 5) is 19.5. The molecule has 0 saturated carbocycles. The van der Waals surface area contributed by atoms with Crippen molar-refractivity contribution in [2.75, 3.05) is 12.9 Å². The Balaban J connectivity index is 1.87. The fourth-order valence-corrected chi connectivity index (χ4v) is 5.13. The van der Waals surface area contributed by atoms with Crippen molar-refractivity contribution in [3.05, 3.63) is 56.9 Å². The molecule has 31 heavy (non-hydrogen) atoms. The van der Waals surface area contributed by atoms with Gasteiger partial charge in [0.1, 0.15) is 0 Å². The van der Waals surface area contributed by atoms with Crippen LogP contribution in [0.15, 0.2) is 34.0 Å². The first-order valence-corrected chi connectivity index (χ1v) is 12.7. The number of rotatable bonds is 9. The summed E-state index contributed by atoms with van der Waals surface area (Å²) in [5.41, 5.74) is 7.57. The molecule has 0 unspecified atom stereocenters. The van der Waals surface area contributed by atoms with E-state index in [0.717, 1.165) is 60.1 Å².